The van der Waals surface area contributed by atoms with E-state index in [0.29, 0.717) is 55.5 Å². The number of sulfonamides is 1. The minimum absolute atomic E-state index is 0.0540. The minimum Gasteiger partial charge on any atom is -0.490 e. The van der Waals surface area contributed by atoms with Crippen LogP contribution in [-0.4, -0.2) is 44.9 Å². The Morgan fingerprint density at radius 3 is 2.24 bits per heavy atom. The summed E-state index contributed by atoms with van der Waals surface area (Å²) in [4.78, 5) is 13.2. The predicted molar refractivity (Wildman–Crippen MR) is 128 cm³/mol. The lowest BCUT2D eigenvalue weighted by Gasteiger charge is -2.31. The van der Waals surface area contributed by atoms with Gasteiger partial charge in [0.1, 0.15) is 0 Å². The van der Waals surface area contributed by atoms with E-state index in [0.717, 1.165) is 11.1 Å². The summed E-state index contributed by atoms with van der Waals surface area (Å²) < 4.78 is 38.6. The first-order valence-electron chi connectivity index (χ1n) is 11.5. The van der Waals surface area contributed by atoms with Gasteiger partial charge < -0.3 is 14.8 Å². The van der Waals surface area contributed by atoms with Crippen molar-refractivity contribution in [3.8, 4) is 11.5 Å². The third-order valence-corrected chi connectivity index (χ3v) is 7.82. The van der Waals surface area contributed by atoms with E-state index in [4.69, 9.17) is 9.47 Å². The number of nitrogens with one attached hydrogen (secondary N) is 1. The Kier molecular flexibility index (Phi) is 8.37. The zero-order valence-corrected chi connectivity index (χ0v) is 20.7. The number of aryl methyl sites for hydroxylation is 1. The molecule has 1 fully saturated rings. The maximum atomic E-state index is 12.9. The number of rotatable bonds is 9. The molecule has 1 saturated heterocycles. The molecule has 1 amide bonds. The molecule has 1 heterocycles. The van der Waals surface area contributed by atoms with Gasteiger partial charge in [-0.2, -0.15) is 4.31 Å². The minimum atomic E-state index is -3.54. The second-order valence-corrected chi connectivity index (χ2v) is 10.2. The average Bonchev–Trinajstić information content (AvgIpc) is 2.81. The molecule has 8 heteroatoms. The molecular formula is C25H34N2O5S. The normalized spacial score (nSPS) is 16.2. The van der Waals surface area contributed by atoms with Gasteiger partial charge in [0.05, 0.1) is 24.2 Å². The summed E-state index contributed by atoms with van der Waals surface area (Å²) in [5.41, 5.74) is 1.94. The zero-order valence-electron chi connectivity index (χ0n) is 19.8. The van der Waals surface area contributed by atoms with Gasteiger partial charge in [0.25, 0.3) is 0 Å². The van der Waals surface area contributed by atoms with Crippen LogP contribution in [0.25, 0.3) is 0 Å². The number of carbonyl (C=O) groups is 1. The number of nitrogens with zero attached hydrogens (tertiary/aromatic N) is 1. The summed E-state index contributed by atoms with van der Waals surface area (Å²) >= 11 is 0. The van der Waals surface area contributed by atoms with E-state index in [9.17, 15) is 13.2 Å². The second kappa shape index (κ2) is 11.0. The highest BCUT2D eigenvalue weighted by atomic mass is 32.2. The lowest BCUT2D eigenvalue weighted by Crippen LogP contribution is -2.43. The van der Waals surface area contributed by atoms with Crippen molar-refractivity contribution in [2.75, 3.05) is 26.3 Å². The maximum Gasteiger partial charge on any atom is 0.243 e. The van der Waals surface area contributed by atoms with Gasteiger partial charge in [-0.1, -0.05) is 23.8 Å². The number of hydrogen-bond acceptors (Lipinski definition) is 5. The van der Waals surface area contributed by atoms with E-state index < -0.39 is 10.0 Å². The maximum absolute atomic E-state index is 12.9. The highest BCUT2D eigenvalue weighted by molar-refractivity contribution is 7.89. The van der Waals surface area contributed by atoms with Crippen molar-refractivity contribution in [1.29, 1.82) is 0 Å². The summed E-state index contributed by atoms with van der Waals surface area (Å²) in [5.74, 6) is 1.07. The molecule has 0 saturated carbocycles. The largest absolute Gasteiger partial charge is 0.490 e. The molecule has 180 valence electrons. The zero-order chi connectivity index (χ0) is 24.0. The fourth-order valence-corrected chi connectivity index (χ4v) is 5.44. The van der Waals surface area contributed by atoms with Crippen molar-refractivity contribution in [2.45, 2.75) is 51.5 Å². The highest BCUT2D eigenvalue weighted by Gasteiger charge is 2.32. The van der Waals surface area contributed by atoms with Crippen LogP contribution in [0.2, 0.25) is 0 Å². The summed E-state index contributed by atoms with van der Waals surface area (Å²) in [5, 5.41) is 3.07. The lowest BCUT2D eigenvalue weighted by molar-refractivity contribution is -0.126. The van der Waals surface area contributed by atoms with Crippen molar-refractivity contribution < 1.29 is 22.7 Å². The fraction of sp³-hybridized carbons (Fsp3) is 0.480. The predicted octanol–water partition coefficient (Wildman–Crippen LogP) is 4.07. The molecule has 3 rings (SSSR count). The Bertz CT molecular complexity index is 1040. The van der Waals surface area contributed by atoms with Crippen LogP contribution in [0, 0.1) is 12.8 Å². The summed E-state index contributed by atoms with van der Waals surface area (Å²) in [7, 11) is -3.54. The summed E-state index contributed by atoms with van der Waals surface area (Å²) in [6.45, 7) is 9.42. The Labute approximate surface area is 197 Å². The van der Waals surface area contributed by atoms with Crippen LogP contribution in [0.3, 0.4) is 0 Å². The number of carbonyl (C=O) groups excluding carboxylic acids is 1. The van der Waals surface area contributed by atoms with E-state index in [2.05, 4.69) is 5.32 Å². The van der Waals surface area contributed by atoms with Crippen LogP contribution in [0.15, 0.2) is 47.4 Å². The quantitative estimate of drug-likeness (QED) is 0.592. The van der Waals surface area contributed by atoms with Gasteiger partial charge in [-0.15, -0.1) is 0 Å². The van der Waals surface area contributed by atoms with Gasteiger partial charge >= 0.3 is 0 Å². The molecule has 0 aliphatic carbocycles. The van der Waals surface area contributed by atoms with Crippen LogP contribution in [0.5, 0.6) is 11.5 Å². The van der Waals surface area contributed by atoms with E-state index in [1.807, 2.05) is 45.9 Å². The van der Waals surface area contributed by atoms with E-state index in [1.165, 1.54) is 4.31 Å². The number of ether oxygens (including phenoxy) is 2. The van der Waals surface area contributed by atoms with Crippen molar-refractivity contribution >= 4 is 15.9 Å². The van der Waals surface area contributed by atoms with Gasteiger partial charge in [-0.05, 0) is 70.4 Å². The summed E-state index contributed by atoms with van der Waals surface area (Å²) in [6.07, 6.45) is 0.994. The van der Waals surface area contributed by atoms with E-state index in [1.54, 1.807) is 24.3 Å². The molecule has 1 atom stereocenters. The summed E-state index contributed by atoms with van der Waals surface area (Å²) in [6, 6.07) is 12.4. The van der Waals surface area contributed by atoms with E-state index in [-0.39, 0.29) is 17.9 Å². The number of hydrogen-bond donors (Lipinski definition) is 1. The molecule has 0 radical (unpaired) electrons. The first-order chi connectivity index (χ1) is 15.8. The van der Waals surface area contributed by atoms with Gasteiger partial charge in [0.2, 0.25) is 15.9 Å². The third-order valence-electron chi connectivity index (χ3n) is 5.91. The Morgan fingerprint density at radius 1 is 1.03 bits per heavy atom. The topological polar surface area (TPSA) is 84.9 Å². The third kappa shape index (κ3) is 6.06. The van der Waals surface area contributed by atoms with Gasteiger partial charge in [-0.25, -0.2) is 8.42 Å². The molecule has 2 aromatic carbocycles. The van der Waals surface area contributed by atoms with E-state index >= 15 is 0 Å². The molecule has 0 bridgehead atoms. The molecule has 1 aliphatic rings. The molecule has 1 aliphatic heterocycles. The number of amides is 1. The number of benzene rings is 2. The fourth-order valence-electron chi connectivity index (χ4n) is 3.97. The Hall–Kier alpha value is -2.58. The molecule has 1 N–H and O–H groups in total. The van der Waals surface area contributed by atoms with Crippen molar-refractivity contribution in [3.63, 3.8) is 0 Å². The van der Waals surface area contributed by atoms with Crippen molar-refractivity contribution in [2.24, 2.45) is 5.92 Å². The monoisotopic (exact) mass is 474 g/mol. The highest BCUT2D eigenvalue weighted by Crippen LogP contribution is 2.31. The first kappa shape index (κ1) is 25.1. The molecule has 33 heavy (non-hydrogen) atoms. The van der Waals surface area contributed by atoms with Gasteiger partial charge in [0.15, 0.2) is 11.5 Å². The molecule has 0 unspecified atom stereocenters. The smallest absolute Gasteiger partial charge is 0.243 e. The SMILES string of the molecule is CCOc1ccc([C@@H](C)NC(=O)C2CCN(S(=O)(=O)c3ccc(C)cc3)CC2)cc1OCC. The molecule has 2 aromatic rings. The van der Waals surface area contributed by atoms with Gasteiger partial charge in [-0.3, -0.25) is 4.79 Å². The van der Waals surface area contributed by atoms with Crippen molar-refractivity contribution in [1.82, 2.24) is 9.62 Å². The Morgan fingerprint density at radius 2 is 1.64 bits per heavy atom. The first-order valence-corrected chi connectivity index (χ1v) is 13.0. The van der Waals surface area contributed by atoms with Crippen molar-refractivity contribution in [3.05, 3.63) is 53.6 Å². The molecular weight excluding hydrogens is 440 g/mol. The average molecular weight is 475 g/mol. The second-order valence-electron chi connectivity index (χ2n) is 8.29. The van der Waals surface area contributed by atoms with Crippen LogP contribution >= 0.6 is 0 Å². The van der Waals surface area contributed by atoms with Gasteiger partial charge in [0, 0.05) is 19.0 Å². The van der Waals surface area contributed by atoms with Crippen LogP contribution in [-0.2, 0) is 14.8 Å². The number of piperidine rings is 1. The molecule has 7 nitrogen and oxygen atoms in total. The molecule has 0 aromatic heterocycles. The standard InChI is InChI=1S/C25H34N2O5S/c1-5-31-23-12-9-21(17-24(23)32-6-2)19(4)26-25(28)20-13-15-27(16-14-20)33(29,30)22-10-7-18(3)8-11-22/h7-12,17,19-20H,5-6,13-16H2,1-4H3,(H,26,28)/t19-/m1/s1. The Balaban J connectivity index is 1.60. The van der Waals surface area contributed by atoms with Crippen LogP contribution in [0.4, 0.5) is 0 Å². The molecule has 0 spiro atoms. The van der Waals surface area contributed by atoms with Crippen LogP contribution < -0.4 is 14.8 Å². The lowest BCUT2D eigenvalue weighted by atomic mass is 9.96. The van der Waals surface area contributed by atoms with Crippen LogP contribution in [0.1, 0.15) is 50.8 Å².